The van der Waals surface area contributed by atoms with Crippen molar-refractivity contribution < 1.29 is 9.47 Å². The zero-order valence-corrected chi connectivity index (χ0v) is 30.9. The summed E-state index contributed by atoms with van der Waals surface area (Å²) in [6.07, 6.45) is 14.5. The van der Waals surface area contributed by atoms with Crippen LogP contribution in [0.4, 0.5) is 39.8 Å². The van der Waals surface area contributed by atoms with Crippen molar-refractivity contribution in [1.82, 2.24) is 0 Å². The molecule has 55 heavy (non-hydrogen) atoms. The van der Waals surface area contributed by atoms with E-state index in [-0.39, 0.29) is 0 Å². The van der Waals surface area contributed by atoms with Gasteiger partial charge in [0.05, 0.1) is 28.4 Å². The normalized spacial score (nSPS) is 12.2. The molecule has 0 unspecified atom stereocenters. The molecule has 0 fully saturated rings. The molecule has 0 spiro atoms. The molecule has 0 saturated heterocycles. The molecule has 272 valence electrons. The lowest BCUT2D eigenvalue weighted by Gasteiger charge is -2.32. The molecular formula is C49H44N4O2. The lowest BCUT2D eigenvalue weighted by atomic mass is 10.1. The Kier molecular flexibility index (Phi) is 12.5. The number of benzene rings is 6. The fourth-order valence-electron chi connectivity index (χ4n) is 6.01. The number of fused-ring (bicyclic) bond motifs is 4. The fraction of sp³-hybridized carbons (Fsp3) is 0.0204. The number of rotatable bonds is 8. The summed E-state index contributed by atoms with van der Waals surface area (Å²) in [6.45, 7) is 12.4. The second kappa shape index (κ2) is 18.4. The van der Waals surface area contributed by atoms with Crippen LogP contribution in [0.5, 0.6) is 23.0 Å². The largest absolute Gasteiger partial charge is 0.453 e. The minimum Gasteiger partial charge on any atom is -0.453 e. The first-order valence-electron chi connectivity index (χ1n) is 17.9. The van der Waals surface area contributed by atoms with E-state index in [9.17, 15) is 0 Å². The summed E-state index contributed by atoms with van der Waals surface area (Å²) >= 11 is 0. The maximum Gasteiger partial charge on any atom is 0.151 e. The van der Waals surface area contributed by atoms with Crippen molar-refractivity contribution in [3.8, 4) is 23.0 Å². The number of nitrogens with two attached hydrogens (primary N) is 1. The van der Waals surface area contributed by atoms with Gasteiger partial charge in [-0.25, -0.2) is 0 Å². The topological polar surface area (TPSA) is 63.0 Å². The van der Waals surface area contributed by atoms with Crippen LogP contribution in [0.3, 0.4) is 0 Å². The van der Waals surface area contributed by atoms with Crippen molar-refractivity contribution in [3.63, 3.8) is 0 Å². The third kappa shape index (κ3) is 8.79. The van der Waals surface area contributed by atoms with Crippen molar-refractivity contribution in [1.29, 1.82) is 0 Å². The highest BCUT2D eigenvalue weighted by Gasteiger charge is 2.26. The van der Waals surface area contributed by atoms with Gasteiger partial charge in [-0.15, -0.1) is 0 Å². The molecule has 6 aromatic rings. The minimum atomic E-state index is 0.638. The number of hydrogen-bond donors (Lipinski definition) is 2. The fourth-order valence-corrected chi connectivity index (χ4v) is 6.01. The van der Waals surface area contributed by atoms with E-state index in [0.29, 0.717) is 5.70 Å². The van der Waals surface area contributed by atoms with Crippen molar-refractivity contribution in [2.24, 2.45) is 5.73 Å². The number of ether oxygens (including phenoxy) is 2. The lowest BCUT2D eigenvalue weighted by Crippen LogP contribution is -2.15. The molecule has 6 heteroatoms. The van der Waals surface area contributed by atoms with Gasteiger partial charge >= 0.3 is 0 Å². The summed E-state index contributed by atoms with van der Waals surface area (Å²) < 4.78 is 12.3. The molecule has 6 aromatic carbocycles. The molecule has 8 rings (SSSR count). The molecule has 2 heterocycles. The average Bonchev–Trinajstić information content (AvgIpc) is 3.24. The molecule has 0 radical (unpaired) electrons. The van der Waals surface area contributed by atoms with Crippen molar-refractivity contribution in [2.45, 2.75) is 6.92 Å². The van der Waals surface area contributed by atoms with Gasteiger partial charge in [0.1, 0.15) is 0 Å². The van der Waals surface area contributed by atoms with E-state index < -0.39 is 0 Å². The number of anilines is 7. The second-order valence-corrected chi connectivity index (χ2v) is 12.2. The van der Waals surface area contributed by atoms with Gasteiger partial charge in [0, 0.05) is 23.3 Å². The number of allylic oxidation sites excluding steroid dienone is 7. The van der Waals surface area contributed by atoms with E-state index in [4.69, 9.17) is 15.2 Å². The molecule has 0 bridgehead atoms. The van der Waals surface area contributed by atoms with Crippen LogP contribution < -0.4 is 30.3 Å². The van der Waals surface area contributed by atoms with E-state index >= 15 is 0 Å². The van der Waals surface area contributed by atoms with Gasteiger partial charge in [-0.3, -0.25) is 0 Å². The van der Waals surface area contributed by atoms with E-state index in [1.54, 1.807) is 18.2 Å². The average molecular weight is 721 g/mol. The van der Waals surface area contributed by atoms with Gasteiger partial charge in [-0.05, 0) is 97.4 Å². The highest BCUT2D eigenvalue weighted by atomic mass is 16.5. The Bertz CT molecular complexity index is 2240. The van der Waals surface area contributed by atoms with E-state index in [1.807, 2.05) is 122 Å². The van der Waals surface area contributed by atoms with Crippen LogP contribution in [0.25, 0.3) is 5.70 Å². The highest BCUT2D eigenvalue weighted by Crippen LogP contribution is 2.51. The summed E-state index contributed by atoms with van der Waals surface area (Å²) in [5.41, 5.74) is 15.1. The molecule has 0 amide bonds. The van der Waals surface area contributed by atoms with Crippen LogP contribution in [-0.2, 0) is 0 Å². The van der Waals surface area contributed by atoms with Gasteiger partial charge in [0.15, 0.2) is 23.0 Å². The zero-order valence-electron chi connectivity index (χ0n) is 30.9. The lowest BCUT2D eigenvalue weighted by molar-refractivity contribution is 0.477. The van der Waals surface area contributed by atoms with E-state index in [1.165, 1.54) is 0 Å². The highest BCUT2D eigenvalue weighted by molar-refractivity contribution is 5.88. The minimum absolute atomic E-state index is 0.638. The second-order valence-electron chi connectivity index (χ2n) is 12.2. The molecule has 6 nitrogen and oxygen atoms in total. The molecule has 0 aromatic heterocycles. The van der Waals surface area contributed by atoms with Crippen LogP contribution in [0.15, 0.2) is 214 Å². The predicted molar refractivity (Wildman–Crippen MR) is 233 cm³/mol. The van der Waals surface area contributed by atoms with Gasteiger partial charge < -0.3 is 30.3 Å². The Morgan fingerprint density at radius 3 is 1.22 bits per heavy atom. The van der Waals surface area contributed by atoms with Crippen LogP contribution >= 0.6 is 0 Å². The maximum atomic E-state index is 6.52. The van der Waals surface area contributed by atoms with Gasteiger partial charge in [0.25, 0.3) is 0 Å². The Labute approximate surface area is 324 Å². The number of nitrogens with one attached hydrogen (secondary N) is 1. The number of para-hydroxylation sites is 8. The standard InChI is InChI=1S/C38H28N4O2.C6H8.C5H8/c39-30(26-17-21-28(22-18-26)41-31-9-1-5-13-35(31)43-36-14-6-2-10-32(36)41)25-40-27-19-23-29(24-20-27)42-33-11-3-7-15-37(33)44-38-16-8-4-12-34(38)42;1-3-5-6-4-2;1-3-5-4-2/h1-25,40H,39H2;3-6H,1-2H2;3-5H,1H2,2H3/b30-25-;6-5-;5-4-. The summed E-state index contributed by atoms with van der Waals surface area (Å²) in [5, 5.41) is 3.36. The van der Waals surface area contributed by atoms with Gasteiger partial charge in [-0.1, -0.05) is 123 Å². The first-order chi connectivity index (χ1) is 27.1. The Morgan fingerprint density at radius 1 is 0.509 bits per heavy atom. The number of nitrogens with zero attached hydrogens (tertiary/aromatic N) is 2. The summed E-state index contributed by atoms with van der Waals surface area (Å²) in [7, 11) is 0. The van der Waals surface area contributed by atoms with E-state index in [0.717, 1.165) is 68.4 Å². The van der Waals surface area contributed by atoms with Gasteiger partial charge in [-0.2, -0.15) is 0 Å². The Balaban J connectivity index is 0.000000413. The maximum absolute atomic E-state index is 6.52. The first kappa shape index (κ1) is 37.3. The van der Waals surface area contributed by atoms with Crippen LogP contribution in [0.1, 0.15) is 12.5 Å². The summed E-state index contributed by atoms with van der Waals surface area (Å²) in [5.74, 6) is 3.31. The van der Waals surface area contributed by atoms with E-state index in [2.05, 4.69) is 95.5 Å². The monoisotopic (exact) mass is 720 g/mol. The summed E-state index contributed by atoms with van der Waals surface area (Å²) in [4.78, 5) is 4.43. The molecule has 0 saturated carbocycles. The zero-order chi connectivity index (χ0) is 38.4. The predicted octanol–water partition coefficient (Wildman–Crippen LogP) is 13.9. The SMILES string of the molecule is C=C/C=C\C.C=C/C=C\C=C.N/C(=C\Nc1ccc(N2c3ccccc3Oc3ccccc32)cc1)c1ccc(N2c3ccccc3Oc3ccccc32)cc1. The quantitative estimate of drug-likeness (QED) is 0.152. The van der Waals surface area contributed by atoms with Crippen LogP contribution in [-0.4, -0.2) is 0 Å². The third-order valence-electron chi connectivity index (χ3n) is 8.55. The molecule has 3 N–H and O–H groups in total. The third-order valence-corrected chi connectivity index (χ3v) is 8.55. The molecule has 0 aliphatic carbocycles. The van der Waals surface area contributed by atoms with Crippen LogP contribution in [0.2, 0.25) is 0 Å². The van der Waals surface area contributed by atoms with Gasteiger partial charge in [0.2, 0.25) is 0 Å². The molecular weight excluding hydrogens is 677 g/mol. The van der Waals surface area contributed by atoms with Crippen molar-refractivity contribution in [3.05, 3.63) is 220 Å². The van der Waals surface area contributed by atoms with Crippen molar-refractivity contribution >= 4 is 45.5 Å². The molecule has 2 aliphatic rings. The Hall–Kier alpha value is -7.44. The van der Waals surface area contributed by atoms with Crippen molar-refractivity contribution in [2.75, 3.05) is 15.1 Å². The molecule has 2 aliphatic heterocycles. The summed E-state index contributed by atoms with van der Waals surface area (Å²) in [6, 6.07) is 48.8. The number of hydrogen-bond acceptors (Lipinski definition) is 6. The Morgan fingerprint density at radius 2 is 0.873 bits per heavy atom. The smallest absolute Gasteiger partial charge is 0.151 e. The van der Waals surface area contributed by atoms with Crippen LogP contribution in [0, 0.1) is 0 Å². The molecule has 0 atom stereocenters. The first-order valence-corrected chi connectivity index (χ1v) is 17.9.